The Morgan fingerprint density at radius 2 is 1.40 bits per heavy atom. The molecule has 0 aromatic rings. The van der Waals surface area contributed by atoms with Crippen molar-refractivity contribution in [2.45, 2.75) is 98.5 Å². The maximum atomic E-state index is 9.68. The minimum atomic E-state index is -0.491. The van der Waals surface area contributed by atoms with E-state index in [0.717, 1.165) is 12.8 Å². The highest BCUT2D eigenvalue weighted by Crippen LogP contribution is 2.50. The van der Waals surface area contributed by atoms with Crippen LogP contribution in [-0.2, 0) is 4.89 Å². The van der Waals surface area contributed by atoms with Crippen LogP contribution in [0.5, 0.6) is 0 Å². The van der Waals surface area contributed by atoms with Gasteiger partial charge in [0.15, 0.2) is 0 Å². The Hall–Kier alpha value is -0.0800. The van der Waals surface area contributed by atoms with Gasteiger partial charge in [-0.1, -0.05) is 60.8 Å². The molecular formula is C18H35O2. The summed E-state index contributed by atoms with van der Waals surface area (Å²) in [5.41, 5.74) is -0.663. The Kier molecular flexibility index (Phi) is 6.10. The maximum absolute atomic E-state index is 9.68. The van der Waals surface area contributed by atoms with E-state index in [4.69, 9.17) is 4.89 Å². The van der Waals surface area contributed by atoms with Gasteiger partial charge in [-0.3, -0.25) is 5.26 Å². The van der Waals surface area contributed by atoms with Gasteiger partial charge in [0, 0.05) is 0 Å². The Morgan fingerprint density at radius 1 is 0.900 bits per heavy atom. The van der Waals surface area contributed by atoms with Crippen LogP contribution in [0.4, 0.5) is 0 Å². The van der Waals surface area contributed by atoms with Gasteiger partial charge in [-0.2, -0.15) is 0 Å². The summed E-state index contributed by atoms with van der Waals surface area (Å²) in [6.45, 7) is 13.0. The van der Waals surface area contributed by atoms with Crippen LogP contribution in [0.25, 0.3) is 0 Å². The summed E-state index contributed by atoms with van der Waals surface area (Å²) >= 11 is 0. The SMILES string of the molecule is CC(C)(C)C(CCC[C]1CCCCC1)(OO)C(C)(C)C. The van der Waals surface area contributed by atoms with E-state index in [1.165, 1.54) is 38.5 Å². The number of rotatable bonds is 5. The van der Waals surface area contributed by atoms with Crippen LogP contribution in [0.1, 0.15) is 92.9 Å². The van der Waals surface area contributed by atoms with Crippen molar-refractivity contribution in [3.05, 3.63) is 5.92 Å². The molecule has 1 rings (SSSR count). The third kappa shape index (κ3) is 3.98. The van der Waals surface area contributed by atoms with E-state index in [-0.39, 0.29) is 10.8 Å². The lowest BCUT2D eigenvalue weighted by molar-refractivity contribution is -0.379. The van der Waals surface area contributed by atoms with Crippen LogP contribution >= 0.6 is 0 Å². The zero-order valence-electron chi connectivity index (χ0n) is 14.5. The van der Waals surface area contributed by atoms with E-state index in [2.05, 4.69) is 41.5 Å². The number of hydrogen-bond donors (Lipinski definition) is 1. The zero-order chi connectivity index (χ0) is 15.4. The normalized spacial score (nSPS) is 19.4. The molecule has 0 aliphatic heterocycles. The van der Waals surface area contributed by atoms with Crippen LogP contribution in [-0.4, -0.2) is 10.9 Å². The standard InChI is InChI=1S/C18H35O2/c1-16(2,3)18(20-19,17(4,5)6)14-10-13-15-11-8-7-9-12-15/h19H,7-14H2,1-6H3. The predicted octanol–water partition coefficient (Wildman–Crippen LogP) is 6.02. The molecule has 0 unspecified atom stereocenters. The predicted molar refractivity (Wildman–Crippen MR) is 85.5 cm³/mol. The Morgan fingerprint density at radius 3 is 1.80 bits per heavy atom. The van der Waals surface area contributed by atoms with Crippen molar-refractivity contribution in [1.82, 2.24) is 0 Å². The van der Waals surface area contributed by atoms with E-state index < -0.39 is 5.60 Å². The smallest absolute Gasteiger partial charge is 0.113 e. The molecule has 0 atom stereocenters. The fraction of sp³-hybridized carbons (Fsp3) is 0.944. The number of hydrogen-bond acceptors (Lipinski definition) is 2. The fourth-order valence-corrected chi connectivity index (χ4v) is 4.08. The zero-order valence-corrected chi connectivity index (χ0v) is 14.5. The quantitative estimate of drug-likeness (QED) is 0.494. The third-order valence-electron chi connectivity index (χ3n) is 5.20. The molecule has 0 heterocycles. The second kappa shape index (κ2) is 6.79. The van der Waals surface area contributed by atoms with Crippen molar-refractivity contribution in [3.63, 3.8) is 0 Å². The molecule has 2 nitrogen and oxygen atoms in total. The second-order valence-corrected chi connectivity index (χ2v) is 8.58. The minimum absolute atomic E-state index is 0.0861. The molecule has 1 radical (unpaired) electrons. The molecule has 0 bridgehead atoms. The molecule has 1 N–H and O–H groups in total. The van der Waals surface area contributed by atoms with Gasteiger partial charge in [-0.05, 0) is 48.9 Å². The van der Waals surface area contributed by atoms with Crippen molar-refractivity contribution in [3.8, 4) is 0 Å². The summed E-state index contributed by atoms with van der Waals surface area (Å²) in [5.74, 6) is 1.73. The van der Waals surface area contributed by atoms with Gasteiger partial charge in [-0.15, -0.1) is 0 Å². The van der Waals surface area contributed by atoms with Crippen molar-refractivity contribution < 1.29 is 10.1 Å². The van der Waals surface area contributed by atoms with Gasteiger partial charge in [0.25, 0.3) is 0 Å². The Bertz CT molecular complexity index is 263. The summed E-state index contributed by atoms with van der Waals surface area (Å²) in [6.07, 6.45) is 10.0. The van der Waals surface area contributed by atoms with E-state index >= 15 is 0 Å². The highest BCUT2D eigenvalue weighted by Gasteiger charge is 2.52. The maximum Gasteiger partial charge on any atom is 0.113 e. The van der Waals surface area contributed by atoms with Gasteiger partial charge in [0.05, 0.1) is 0 Å². The van der Waals surface area contributed by atoms with E-state index in [1.807, 2.05) is 0 Å². The molecule has 0 spiro atoms. The summed E-state index contributed by atoms with van der Waals surface area (Å²) < 4.78 is 0. The van der Waals surface area contributed by atoms with Crippen LogP contribution in [0.3, 0.4) is 0 Å². The fourth-order valence-electron chi connectivity index (χ4n) is 4.08. The molecule has 0 aromatic heterocycles. The minimum Gasteiger partial charge on any atom is -0.251 e. The summed E-state index contributed by atoms with van der Waals surface area (Å²) in [6, 6.07) is 0. The summed E-state index contributed by atoms with van der Waals surface area (Å²) in [7, 11) is 0. The monoisotopic (exact) mass is 283 g/mol. The first-order valence-electron chi connectivity index (χ1n) is 8.30. The average molecular weight is 283 g/mol. The first kappa shape index (κ1) is 18.0. The van der Waals surface area contributed by atoms with Gasteiger partial charge in [0.1, 0.15) is 5.60 Å². The largest absolute Gasteiger partial charge is 0.251 e. The molecule has 1 fully saturated rings. The molecule has 119 valence electrons. The lowest BCUT2D eigenvalue weighted by atomic mass is 9.60. The highest BCUT2D eigenvalue weighted by atomic mass is 17.1. The van der Waals surface area contributed by atoms with Gasteiger partial charge in [-0.25, -0.2) is 4.89 Å². The van der Waals surface area contributed by atoms with Crippen molar-refractivity contribution in [2.75, 3.05) is 0 Å². The van der Waals surface area contributed by atoms with Gasteiger partial charge in [0.2, 0.25) is 0 Å². The second-order valence-electron chi connectivity index (χ2n) is 8.58. The Balaban J connectivity index is 2.65. The molecule has 1 saturated carbocycles. The topological polar surface area (TPSA) is 29.5 Å². The Labute approximate surface area is 126 Å². The average Bonchev–Trinajstić information content (AvgIpc) is 2.33. The van der Waals surface area contributed by atoms with E-state index in [1.54, 1.807) is 5.92 Å². The molecule has 2 heteroatoms. The lowest BCUT2D eigenvalue weighted by Gasteiger charge is -2.51. The van der Waals surface area contributed by atoms with Crippen LogP contribution in [0.2, 0.25) is 0 Å². The molecule has 0 amide bonds. The van der Waals surface area contributed by atoms with Crippen molar-refractivity contribution >= 4 is 0 Å². The molecule has 0 aromatic carbocycles. The van der Waals surface area contributed by atoms with Crippen molar-refractivity contribution in [2.24, 2.45) is 10.8 Å². The van der Waals surface area contributed by atoms with Gasteiger partial charge >= 0.3 is 0 Å². The van der Waals surface area contributed by atoms with Crippen LogP contribution in [0, 0.1) is 16.7 Å². The first-order chi connectivity index (χ1) is 9.14. The molecule has 1 aliphatic rings. The first-order valence-corrected chi connectivity index (χ1v) is 8.30. The van der Waals surface area contributed by atoms with Gasteiger partial charge < -0.3 is 0 Å². The highest BCUT2D eigenvalue weighted by molar-refractivity contribution is 5.01. The summed E-state index contributed by atoms with van der Waals surface area (Å²) in [5, 5.41) is 9.68. The molecular weight excluding hydrogens is 248 g/mol. The third-order valence-corrected chi connectivity index (χ3v) is 5.20. The van der Waals surface area contributed by atoms with E-state index in [0.29, 0.717) is 0 Å². The molecule has 20 heavy (non-hydrogen) atoms. The summed E-state index contributed by atoms with van der Waals surface area (Å²) in [4.78, 5) is 5.15. The van der Waals surface area contributed by atoms with Crippen LogP contribution < -0.4 is 0 Å². The molecule has 1 aliphatic carbocycles. The van der Waals surface area contributed by atoms with Crippen LogP contribution in [0.15, 0.2) is 0 Å². The van der Waals surface area contributed by atoms with E-state index in [9.17, 15) is 5.26 Å². The molecule has 0 saturated heterocycles. The lowest BCUT2D eigenvalue weighted by Crippen LogP contribution is -2.54. The van der Waals surface area contributed by atoms with Crippen molar-refractivity contribution in [1.29, 1.82) is 0 Å².